The van der Waals surface area contributed by atoms with E-state index in [9.17, 15) is 9.59 Å². The van der Waals surface area contributed by atoms with Crippen LogP contribution in [0.1, 0.15) is 44.2 Å². The topological polar surface area (TPSA) is 55.8 Å². The predicted octanol–water partition coefficient (Wildman–Crippen LogP) is 5.33. The molecule has 0 aromatic heterocycles. The van der Waals surface area contributed by atoms with Crippen molar-refractivity contribution >= 4 is 28.0 Å². The summed E-state index contributed by atoms with van der Waals surface area (Å²) in [6, 6.07) is 17.7. The molecule has 0 N–H and O–H groups in total. The summed E-state index contributed by atoms with van der Waals surface area (Å²) in [5, 5.41) is 0. The van der Waals surface area contributed by atoms with Crippen molar-refractivity contribution in [2.24, 2.45) is 0 Å². The normalized spacial score (nSPS) is 21.4. The molecule has 2 aromatic rings. The van der Waals surface area contributed by atoms with Gasteiger partial charge in [-0.1, -0.05) is 58.4 Å². The van der Waals surface area contributed by atoms with E-state index in [-0.39, 0.29) is 5.92 Å². The van der Waals surface area contributed by atoms with Crippen LogP contribution in [0.5, 0.6) is 0 Å². The second-order valence-corrected chi connectivity index (χ2v) is 9.64. The van der Waals surface area contributed by atoms with Crippen molar-refractivity contribution in [3.05, 3.63) is 70.2 Å². The number of halogens is 1. The van der Waals surface area contributed by atoms with E-state index < -0.39 is 23.2 Å². The molecule has 0 saturated carbocycles. The lowest BCUT2D eigenvalue weighted by Gasteiger charge is -2.36. The summed E-state index contributed by atoms with van der Waals surface area (Å²) in [5.41, 5.74) is 0.241. The third-order valence-electron chi connectivity index (χ3n) is 5.36. The zero-order chi connectivity index (χ0) is 21.9. The monoisotopic (exact) mass is 473 g/mol. The van der Waals surface area contributed by atoms with Crippen LogP contribution in [0.25, 0.3) is 0 Å². The van der Waals surface area contributed by atoms with Gasteiger partial charge in [0.1, 0.15) is 11.1 Å². The fourth-order valence-electron chi connectivity index (χ4n) is 4.06. The van der Waals surface area contributed by atoms with Crippen molar-refractivity contribution in [3.63, 3.8) is 0 Å². The van der Waals surface area contributed by atoms with Gasteiger partial charge in [-0.05, 0) is 50.5 Å². The zero-order valence-corrected chi connectivity index (χ0v) is 19.4. The average Bonchev–Trinajstić information content (AvgIpc) is 3.09. The molecule has 1 saturated heterocycles. The largest absolute Gasteiger partial charge is 0.467 e. The number of hydrogen-bond donors (Lipinski definition) is 0. The Morgan fingerprint density at radius 1 is 1.10 bits per heavy atom. The lowest BCUT2D eigenvalue weighted by atomic mass is 9.83. The number of methoxy groups -OCH3 is 1. The van der Waals surface area contributed by atoms with Gasteiger partial charge in [0.25, 0.3) is 0 Å². The summed E-state index contributed by atoms with van der Waals surface area (Å²) in [6.07, 6.45) is 0.331. The molecule has 1 aliphatic rings. The highest BCUT2D eigenvalue weighted by atomic mass is 79.9. The molecule has 2 atom stereocenters. The molecule has 160 valence electrons. The van der Waals surface area contributed by atoms with E-state index in [1.165, 1.54) is 7.11 Å². The molecular weight excluding hydrogens is 446 g/mol. The molecule has 6 heteroatoms. The molecule has 1 unspecified atom stereocenters. The average molecular weight is 474 g/mol. The van der Waals surface area contributed by atoms with Crippen LogP contribution in [0.3, 0.4) is 0 Å². The molecule has 0 spiro atoms. The van der Waals surface area contributed by atoms with Crippen molar-refractivity contribution < 1.29 is 19.1 Å². The van der Waals surface area contributed by atoms with Crippen molar-refractivity contribution in [2.45, 2.75) is 50.7 Å². The Kier molecular flexibility index (Phi) is 6.56. The second-order valence-electron chi connectivity index (χ2n) is 8.73. The summed E-state index contributed by atoms with van der Waals surface area (Å²) >= 11 is 3.45. The van der Waals surface area contributed by atoms with Gasteiger partial charge in [0, 0.05) is 23.4 Å². The van der Waals surface area contributed by atoms with Gasteiger partial charge in [-0.15, -0.1) is 0 Å². The van der Waals surface area contributed by atoms with E-state index >= 15 is 0 Å². The van der Waals surface area contributed by atoms with Crippen LogP contribution < -0.4 is 0 Å². The molecule has 0 bridgehead atoms. The summed E-state index contributed by atoms with van der Waals surface area (Å²) in [6.45, 7) is 5.86. The van der Waals surface area contributed by atoms with Crippen LogP contribution in [0.2, 0.25) is 0 Å². The number of ether oxygens (including phenoxy) is 2. The molecule has 1 aliphatic heterocycles. The Hall–Kier alpha value is -2.34. The first-order chi connectivity index (χ1) is 14.1. The first kappa shape index (κ1) is 22.3. The Morgan fingerprint density at radius 3 is 2.30 bits per heavy atom. The number of rotatable bonds is 4. The number of benzene rings is 2. The highest BCUT2D eigenvalue weighted by molar-refractivity contribution is 9.10. The summed E-state index contributed by atoms with van der Waals surface area (Å²) < 4.78 is 11.9. The van der Waals surface area contributed by atoms with Gasteiger partial charge in [-0.3, -0.25) is 4.90 Å². The number of hydrogen-bond acceptors (Lipinski definition) is 4. The number of likely N-dealkylation sites (tertiary alicyclic amines) is 1. The van der Waals surface area contributed by atoms with Crippen molar-refractivity contribution in [1.29, 1.82) is 0 Å². The number of nitrogens with zero attached hydrogens (tertiary/aromatic N) is 1. The molecule has 0 aliphatic carbocycles. The quantitative estimate of drug-likeness (QED) is 0.563. The third kappa shape index (κ3) is 4.86. The third-order valence-corrected chi connectivity index (χ3v) is 5.89. The summed E-state index contributed by atoms with van der Waals surface area (Å²) in [7, 11) is 1.37. The van der Waals surface area contributed by atoms with E-state index in [1.807, 2.05) is 75.4 Å². The Labute approximate surface area is 186 Å². The fraction of sp³-hybridized carbons (Fsp3) is 0.417. The smallest absolute Gasteiger partial charge is 0.411 e. The Morgan fingerprint density at radius 2 is 1.73 bits per heavy atom. The van der Waals surface area contributed by atoms with Crippen LogP contribution in [-0.2, 0) is 20.7 Å². The Bertz CT molecular complexity index is 892. The minimum Gasteiger partial charge on any atom is -0.467 e. The van der Waals surface area contributed by atoms with E-state index in [2.05, 4.69) is 15.9 Å². The first-order valence-corrected chi connectivity index (χ1v) is 10.8. The predicted molar refractivity (Wildman–Crippen MR) is 119 cm³/mol. The van der Waals surface area contributed by atoms with E-state index in [0.717, 1.165) is 15.6 Å². The highest BCUT2D eigenvalue weighted by Gasteiger charge is 2.55. The molecule has 1 amide bonds. The first-order valence-electron chi connectivity index (χ1n) is 10.0. The van der Waals surface area contributed by atoms with Crippen molar-refractivity contribution in [2.75, 3.05) is 13.7 Å². The zero-order valence-electron chi connectivity index (χ0n) is 17.9. The van der Waals surface area contributed by atoms with Gasteiger partial charge in [-0.25, -0.2) is 9.59 Å². The van der Waals surface area contributed by atoms with Crippen LogP contribution >= 0.6 is 15.9 Å². The van der Waals surface area contributed by atoms with E-state index in [4.69, 9.17) is 9.47 Å². The number of carbonyl (C=O) groups excluding carboxylic acids is 2. The number of carbonyl (C=O) groups is 2. The van der Waals surface area contributed by atoms with Crippen molar-refractivity contribution in [1.82, 2.24) is 4.90 Å². The van der Waals surface area contributed by atoms with Crippen LogP contribution in [0, 0.1) is 0 Å². The van der Waals surface area contributed by atoms with Gasteiger partial charge < -0.3 is 9.47 Å². The number of esters is 1. The molecule has 5 nitrogen and oxygen atoms in total. The second kappa shape index (κ2) is 8.80. The number of amides is 1. The van der Waals surface area contributed by atoms with Crippen molar-refractivity contribution in [3.8, 4) is 0 Å². The van der Waals surface area contributed by atoms with Gasteiger partial charge in [0.05, 0.1) is 7.11 Å². The molecule has 3 rings (SSSR count). The molecule has 1 heterocycles. The fourth-order valence-corrected chi connectivity index (χ4v) is 4.32. The van der Waals surface area contributed by atoms with Crippen LogP contribution in [0.15, 0.2) is 59.1 Å². The van der Waals surface area contributed by atoms with Crippen LogP contribution in [0.4, 0.5) is 4.79 Å². The minimum absolute atomic E-state index is 0.00765. The van der Waals surface area contributed by atoms with Gasteiger partial charge >= 0.3 is 12.1 Å². The maximum absolute atomic E-state index is 13.2. The molecule has 1 fully saturated rings. The molecular formula is C24H28BrNO4. The SMILES string of the molecule is COC(=O)C1(Cc2ccc(Br)cc2)C[C@H](c2ccccc2)CN1C(=O)OC(C)(C)C. The van der Waals surface area contributed by atoms with E-state index in [1.54, 1.807) is 4.90 Å². The lowest BCUT2D eigenvalue weighted by molar-refractivity contribution is -0.153. The maximum Gasteiger partial charge on any atom is 0.411 e. The molecule has 0 radical (unpaired) electrons. The van der Waals surface area contributed by atoms with Gasteiger partial charge in [0.15, 0.2) is 0 Å². The minimum atomic E-state index is -1.13. The van der Waals surface area contributed by atoms with E-state index in [0.29, 0.717) is 19.4 Å². The van der Waals surface area contributed by atoms with Crippen LogP contribution in [-0.4, -0.2) is 41.8 Å². The summed E-state index contributed by atoms with van der Waals surface area (Å²) in [5.74, 6) is -0.414. The van der Waals surface area contributed by atoms with Gasteiger partial charge in [-0.2, -0.15) is 0 Å². The summed E-state index contributed by atoms with van der Waals surface area (Å²) in [4.78, 5) is 28.0. The Balaban J connectivity index is 2.04. The van der Waals surface area contributed by atoms with Gasteiger partial charge in [0.2, 0.25) is 0 Å². The lowest BCUT2D eigenvalue weighted by Crippen LogP contribution is -2.56. The standard InChI is InChI=1S/C24H28BrNO4/c1-23(2,3)30-22(28)26-16-19(18-8-6-5-7-9-18)15-24(26,21(27)29-4)14-17-10-12-20(25)13-11-17/h5-13,19H,14-16H2,1-4H3/t19-,24?/m0/s1. The molecule has 2 aromatic carbocycles. The highest BCUT2D eigenvalue weighted by Crippen LogP contribution is 2.43. The molecule has 30 heavy (non-hydrogen) atoms. The maximum atomic E-state index is 13.2.